The van der Waals surface area contributed by atoms with E-state index in [1.165, 1.54) is 12.1 Å². The number of Topliss-reactive ketones (excluding diaryl/α,β-unsaturated/α-hetero) is 1. The van der Waals surface area contributed by atoms with Crippen molar-refractivity contribution in [3.05, 3.63) is 28.2 Å². The van der Waals surface area contributed by atoms with E-state index in [4.69, 9.17) is 27.9 Å². The summed E-state index contributed by atoms with van der Waals surface area (Å²) < 4.78 is 5.58. The first-order valence-electron chi connectivity index (χ1n) is 7.82. The molecule has 126 valence electrons. The highest BCUT2D eigenvalue weighted by atomic mass is 35.5. The monoisotopic (exact) mass is 366 g/mol. The van der Waals surface area contributed by atoms with Crippen molar-refractivity contribution in [3.63, 3.8) is 0 Å². The Morgan fingerprint density at radius 2 is 2.12 bits per heavy atom. The number of hydrogen-bond acceptors (Lipinski definition) is 4. The number of benzene rings is 1. The van der Waals surface area contributed by atoms with Crippen LogP contribution in [0.15, 0.2) is 18.2 Å². The summed E-state index contributed by atoms with van der Waals surface area (Å²) in [6.45, 7) is 0.532. The summed E-state index contributed by atoms with van der Waals surface area (Å²) in [5, 5.41) is 12.5. The average Bonchev–Trinajstić information content (AvgIpc) is 3.13. The first kappa shape index (κ1) is 17.2. The van der Waals surface area contributed by atoms with Crippen LogP contribution in [0, 0.1) is 29.1 Å². The van der Waals surface area contributed by atoms with Crippen molar-refractivity contribution in [1.29, 1.82) is 5.26 Å². The van der Waals surface area contributed by atoms with Gasteiger partial charge in [-0.3, -0.25) is 9.59 Å². The van der Waals surface area contributed by atoms with Crippen molar-refractivity contribution in [1.82, 2.24) is 0 Å². The Morgan fingerprint density at radius 3 is 2.83 bits per heavy atom. The molecule has 1 aliphatic heterocycles. The van der Waals surface area contributed by atoms with E-state index in [1.54, 1.807) is 12.1 Å². The van der Waals surface area contributed by atoms with Gasteiger partial charge in [0.05, 0.1) is 23.4 Å². The fourth-order valence-electron chi connectivity index (χ4n) is 3.53. The molecule has 1 unspecified atom stereocenters. The van der Waals surface area contributed by atoms with E-state index < -0.39 is 23.7 Å². The third kappa shape index (κ3) is 3.27. The smallest absolute Gasteiger partial charge is 0.249 e. The van der Waals surface area contributed by atoms with Gasteiger partial charge in [-0.25, -0.2) is 0 Å². The summed E-state index contributed by atoms with van der Waals surface area (Å²) in [5.74, 6) is -2.08. The van der Waals surface area contributed by atoms with Gasteiger partial charge in [-0.05, 0) is 42.9 Å². The van der Waals surface area contributed by atoms with E-state index in [9.17, 15) is 14.9 Å². The molecule has 7 heteroatoms. The van der Waals surface area contributed by atoms with Gasteiger partial charge < -0.3 is 10.1 Å². The molecular formula is C17H16Cl2N2O3. The second kappa shape index (κ2) is 7.10. The van der Waals surface area contributed by atoms with Crippen LogP contribution >= 0.6 is 23.2 Å². The highest BCUT2D eigenvalue weighted by molar-refractivity contribution is 6.36. The maximum absolute atomic E-state index is 12.6. The molecule has 1 saturated heterocycles. The fourth-order valence-corrected chi connectivity index (χ4v) is 3.98. The number of rotatable bonds is 4. The summed E-state index contributed by atoms with van der Waals surface area (Å²) in [4.78, 5) is 25.0. The Labute approximate surface area is 149 Å². The third-order valence-corrected chi connectivity index (χ3v) is 5.29. The summed E-state index contributed by atoms with van der Waals surface area (Å²) in [5.41, 5.74) is 0.310. The predicted molar refractivity (Wildman–Crippen MR) is 89.8 cm³/mol. The standard InChI is InChI=1S/C17H16Cl2N2O3/c18-10-4-5-14(13(19)6-10)21-17(23)12(7-20)15(22)16-11-3-1-2-9(11)8-24-16/h4-6,9,11-12,16H,1-3,8H2,(H,21,23)/t9-,11-,12?,16+/m0/s1. The summed E-state index contributed by atoms with van der Waals surface area (Å²) in [7, 11) is 0. The predicted octanol–water partition coefficient (Wildman–Crippen LogP) is 3.46. The number of nitrogens with one attached hydrogen (secondary N) is 1. The largest absolute Gasteiger partial charge is 0.370 e. The van der Waals surface area contributed by atoms with Crippen LogP contribution in [0.25, 0.3) is 0 Å². The Bertz CT molecular complexity index is 716. The molecule has 0 bridgehead atoms. The summed E-state index contributed by atoms with van der Waals surface area (Å²) in [6.07, 6.45) is 2.35. The van der Waals surface area contributed by atoms with E-state index in [0.29, 0.717) is 23.2 Å². The average molecular weight is 367 g/mol. The molecule has 4 atom stereocenters. The molecule has 1 aromatic rings. The molecule has 3 rings (SSSR count). The number of carbonyl (C=O) groups is 2. The second-order valence-electron chi connectivity index (χ2n) is 6.19. The molecule has 2 fully saturated rings. The molecule has 5 nitrogen and oxygen atoms in total. The van der Waals surface area contributed by atoms with Crippen molar-refractivity contribution < 1.29 is 14.3 Å². The van der Waals surface area contributed by atoms with Crippen LogP contribution in [0.2, 0.25) is 10.0 Å². The molecule has 1 aromatic carbocycles. The van der Waals surface area contributed by atoms with Crippen molar-refractivity contribution in [3.8, 4) is 6.07 Å². The minimum atomic E-state index is -1.42. The van der Waals surface area contributed by atoms with Crippen molar-refractivity contribution >= 4 is 40.6 Å². The zero-order valence-corrected chi connectivity index (χ0v) is 14.3. The SMILES string of the molecule is N#CC(C(=O)Nc1ccc(Cl)cc1Cl)C(=O)[C@@H]1OC[C@@H]2CCC[C@@H]21. The fraction of sp³-hybridized carbons (Fsp3) is 0.471. The minimum absolute atomic E-state index is 0.125. The Balaban J connectivity index is 1.72. The second-order valence-corrected chi connectivity index (χ2v) is 7.03. The molecule has 1 aliphatic carbocycles. The van der Waals surface area contributed by atoms with Crippen molar-refractivity contribution in [2.45, 2.75) is 25.4 Å². The number of halogens is 2. The van der Waals surface area contributed by atoms with Crippen LogP contribution in [0.3, 0.4) is 0 Å². The number of ketones is 1. The third-order valence-electron chi connectivity index (χ3n) is 4.74. The highest BCUT2D eigenvalue weighted by Gasteiger charge is 2.47. The number of ether oxygens (including phenoxy) is 1. The van der Waals surface area contributed by atoms with Gasteiger partial charge in [0.1, 0.15) is 6.10 Å². The van der Waals surface area contributed by atoms with Crippen molar-refractivity contribution in [2.24, 2.45) is 17.8 Å². The Morgan fingerprint density at radius 1 is 1.33 bits per heavy atom. The Hall–Kier alpha value is -1.61. The molecule has 0 aromatic heterocycles. The number of nitriles is 1. The molecule has 1 saturated carbocycles. The van der Waals surface area contributed by atoms with Gasteiger partial charge in [0.25, 0.3) is 0 Å². The zero-order chi connectivity index (χ0) is 17.3. The van der Waals surface area contributed by atoms with Gasteiger partial charge in [0.15, 0.2) is 11.7 Å². The van der Waals surface area contributed by atoms with Crippen LogP contribution in [-0.2, 0) is 14.3 Å². The van der Waals surface area contributed by atoms with Crippen LogP contribution in [0.5, 0.6) is 0 Å². The summed E-state index contributed by atoms with van der Waals surface area (Å²) in [6, 6.07) is 6.37. The molecular weight excluding hydrogens is 351 g/mol. The van der Waals surface area contributed by atoms with Gasteiger partial charge in [0, 0.05) is 5.02 Å². The van der Waals surface area contributed by atoms with Gasteiger partial charge in [0.2, 0.25) is 5.91 Å². The molecule has 24 heavy (non-hydrogen) atoms. The molecule has 2 aliphatic rings. The lowest BCUT2D eigenvalue weighted by atomic mass is 9.87. The number of hydrogen-bond donors (Lipinski definition) is 1. The van der Waals surface area contributed by atoms with Gasteiger partial charge in [-0.15, -0.1) is 0 Å². The quantitative estimate of drug-likeness (QED) is 0.827. The lowest BCUT2D eigenvalue weighted by Crippen LogP contribution is -2.38. The van der Waals surface area contributed by atoms with Gasteiger partial charge >= 0.3 is 0 Å². The maximum atomic E-state index is 12.6. The molecule has 1 heterocycles. The van der Waals surface area contributed by atoms with E-state index in [2.05, 4.69) is 5.32 Å². The Kier molecular flexibility index (Phi) is 5.09. The number of fused-ring (bicyclic) bond motifs is 1. The van der Waals surface area contributed by atoms with Gasteiger partial charge in [-0.1, -0.05) is 29.6 Å². The first-order chi connectivity index (χ1) is 11.5. The van der Waals surface area contributed by atoms with Crippen LogP contribution in [0.4, 0.5) is 5.69 Å². The zero-order valence-electron chi connectivity index (χ0n) is 12.8. The minimum Gasteiger partial charge on any atom is -0.370 e. The lowest BCUT2D eigenvalue weighted by Gasteiger charge is -2.18. The normalized spacial score (nSPS) is 26.5. The van der Waals surface area contributed by atoms with Crippen molar-refractivity contribution in [2.75, 3.05) is 11.9 Å². The number of nitrogens with zero attached hydrogens (tertiary/aromatic N) is 1. The maximum Gasteiger partial charge on any atom is 0.249 e. The van der Waals surface area contributed by atoms with Crippen LogP contribution in [0.1, 0.15) is 19.3 Å². The van der Waals surface area contributed by atoms with Crippen LogP contribution in [-0.4, -0.2) is 24.4 Å². The summed E-state index contributed by atoms with van der Waals surface area (Å²) >= 11 is 11.8. The van der Waals surface area contributed by atoms with E-state index in [-0.39, 0.29) is 10.9 Å². The topological polar surface area (TPSA) is 79.2 Å². The van der Waals surface area contributed by atoms with Crippen LogP contribution < -0.4 is 5.32 Å². The lowest BCUT2D eigenvalue weighted by molar-refractivity contribution is -0.136. The molecule has 1 amide bonds. The molecule has 0 spiro atoms. The number of amides is 1. The first-order valence-corrected chi connectivity index (χ1v) is 8.57. The molecule has 1 N–H and O–H groups in total. The number of anilines is 1. The van der Waals surface area contributed by atoms with E-state index in [0.717, 1.165) is 19.3 Å². The molecule has 0 radical (unpaired) electrons. The highest BCUT2D eigenvalue weighted by Crippen LogP contribution is 2.41. The van der Waals surface area contributed by atoms with E-state index in [1.807, 2.05) is 0 Å². The van der Waals surface area contributed by atoms with Gasteiger partial charge in [-0.2, -0.15) is 5.26 Å². The van der Waals surface area contributed by atoms with E-state index >= 15 is 0 Å². The number of carbonyl (C=O) groups excluding carboxylic acids is 2.